The molecule has 0 radical (unpaired) electrons. The highest BCUT2D eigenvalue weighted by atomic mass is 32.2. The van der Waals surface area contributed by atoms with Crippen molar-refractivity contribution in [3.8, 4) is 0 Å². The van der Waals surface area contributed by atoms with E-state index in [-0.39, 0.29) is 10.1 Å². The van der Waals surface area contributed by atoms with Gasteiger partial charge in [-0.2, -0.15) is 0 Å². The normalized spacial score (nSPS) is 11.3. The van der Waals surface area contributed by atoms with Crippen LogP contribution >= 0.6 is 22.7 Å². The van der Waals surface area contributed by atoms with E-state index in [4.69, 9.17) is 0 Å². The minimum Gasteiger partial charge on any atom is -0.337 e. The molecule has 0 spiro atoms. The highest BCUT2D eigenvalue weighted by molar-refractivity contribution is 7.94. The molecule has 0 aliphatic carbocycles. The van der Waals surface area contributed by atoms with Gasteiger partial charge in [0.15, 0.2) is 0 Å². The van der Waals surface area contributed by atoms with Crippen LogP contribution in [0.15, 0.2) is 63.5 Å². The Hall–Kier alpha value is -2.16. The van der Waals surface area contributed by atoms with Gasteiger partial charge in [0.05, 0.1) is 12.2 Å². The van der Waals surface area contributed by atoms with E-state index in [1.807, 2.05) is 17.5 Å². The molecule has 0 atom stereocenters. The summed E-state index contributed by atoms with van der Waals surface area (Å²) in [6.07, 6.45) is 0. The van der Waals surface area contributed by atoms with Crippen LogP contribution in [0.5, 0.6) is 0 Å². The number of sulfonamides is 1. The summed E-state index contributed by atoms with van der Waals surface area (Å²) in [5.41, 5.74) is 1.03. The Morgan fingerprint density at radius 1 is 0.962 bits per heavy atom. The first-order valence-corrected chi connectivity index (χ1v) is 11.0. The summed E-state index contributed by atoms with van der Waals surface area (Å²) in [6, 6.07) is 13.8. The lowest BCUT2D eigenvalue weighted by molar-refractivity contribution is 0.0786. The largest absolute Gasteiger partial charge is 0.337 e. The van der Waals surface area contributed by atoms with Gasteiger partial charge in [0.25, 0.3) is 15.9 Å². The maximum Gasteiger partial charge on any atom is 0.273 e. The van der Waals surface area contributed by atoms with Crippen LogP contribution in [-0.2, 0) is 16.6 Å². The van der Waals surface area contributed by atoms with Gasteiger partial charge < -0.3 is 4.90 Å². The second-order valence-electron chi connectivity index (χ2n) is 5.69. The summed E-state index contributed by atoms with van der Waals surface area (Å²) in [6.45, 7) is 0.547. The Labute approximate surface area is 161 Å². The molecule has 0 fully saturated rings. The lowest BCUT2D eigenvalue weighted by Gasteiger charge is -2.20. The van der Waals surface area contributed by atoms with E-state index < -0.39 is 10.0 Å². The van der Waals surface area contributed by atoms with Gasteiger partial charge in [-0.1, -0.05) is 12.1 Å². The predicted octanol–water partition coefficient (Wildman–Crippen LogP) is 3.91. The van der Waals surface area contributed by atoms with Gasteiger partial charge in [0, 0.05) is 24.5 Å². The molecule has 2 heterocycles. The molecule has 0 aliphatic heterocycles. The molecule has 0 saturated carbocycles. The number of hydrogen-bond acceptors (Lipinski definition) is 5. The summed E-state index contributed by atoms with van der Waals surface area (Å²) >= 11 is 2.78. The first-order valence-electron chi connectivity index (χ1n) is 7.80. The molecule has 8 heteroatoms. The molecule has 136 valence electrons. The smallest absolute Gasteiger partial charge is 0.273 e. The lowest BCUT2D eigenvalue weighted by atomic mass is 10.2. The van der Waals surface area contributed by atoms with Gasteiger partial charge in [-0.3, -0.25) is 9.10 Å². The Bertz CT molecular complexity index is 963. The standard InChI is InChI=1S/C18H18N2O3S3/c1-19(13-16-5-3-11-24-16)18(21)14-7-9-15(10-8-14)20(2)26(22,23)17-6-4-12-25-17/h3-12H,13H2,1-2H3. The van der Waals surface area contributed by atoms with E-state index in [9.17, 15) is 13.2 Å². The van der Waals surface area contributed by atoms with Crippen molar-refractivity contribution in [1.82, 2.24) is 4.90 Å². The summed E-state index contributed by atoms with van der Waals surface area (Å²) < 4.78 is 26.6. The zero-order valence-corrected chi connectivity index (χ0v) is 16.8. The maximum absolute atomic E-state index is 12.6. The van der Waals surface area contributed by atoms with Crippen LogP contribution in [0.3, 0.4) is 0 Å². The van der Waals surface area contributed by atoms with Gasteiger partial charge in [0.1, 0.15) is 4.21 Å². The molecule has 0 bridgehead atoms. The van der Waals surface area contributed by atoms with E-state index >= 15 is 0 Å². The third kappa shape index (κ3) is 3.82. The summed E-state index contributed by atoms with van der Waals surface area (Å²) in [7, 11) is -0.312. The number of carbonyl (C=O) groups excluding carboxylic acids is 1. The number of amides is 1. The number of benzene rings is 1. The van der Waals surface area contributed by atoms with Crippen molar-refractivity contribution < 1.29 is 13.2 Å². The number of hydrogen-bond donors (Lipinski definition) is 0. The third-order valence-electron chi connectivity index (χ3n) is 3.91. The van der Waals surface area contributed by atoms with Crippen LogP contribution < -0.4 is 4.31 Å². The predicted molar refractivity (Wildman–Crippen MR) is 106 cm³/mol. The topological polar surface area (TPSA) is 57.7 Å². The second kappa shape index (κ2) is 7.61. The van der Waals surface area contributed by atoms with Crippen molar-refractivity contribution in [1.29, 1.82) is 0 Å². The molecule has 0 unspecified atom stereocenters. The van der Waals surface area contributed by atoms with Crippen LogP contribution in [0.4, 0.5) is 5.69 Å². The van der Waals surface area contributed by atoms with Crippen molar-refractivity contribution in [2.45, 2.75) is 10.8 Å². The van der Waals surface area contributed by atoms with Gasteiger partial charge >= 0.3 is 0 Å². The minimum atomic E-state index is -3.57. The third-order valence-corrected chi connectivity index (χ3v) is 7.93. The summed E-state index contributed by atoms with van der Waals surface area (Å²) in [5, 5.41) is 3.71. The van der Waals surface area contributed by atoms with Crippen LogP contribution in [-0.4, -0.2) is 33.3 Å². The number of nitrogens with zero attached hydrogens (tertiary/aromatic N) is 2. The number of anilines is 1. The van der Waals surface area contributed by atoms with E-state index in [0.29, 0.717) is 17.8 Å². The number of thiophene rings is 2. The molecular formula is C18H18N2O3S3. The van der Waals surface area contributed by atoms with Crippen molar-refractivity contribution in [3.05, 3.63) is 69.7 Å². The van der Waals surface area contributed by atoms with Gasteiger partial charge in [0.2, 0.25) is 0 Å². The van der Waals surface area contributed by atoms with Crippen LogP contribution in [0, 0.1) is 0 Å². The fourth-order valence-corrected chi connectivity index (χ4v) is 5.54. The summed E-state index contributed by atoms with van der Waals surface area (Å²) in [5.74, 6) is -0.103. The van der Waals surface area contributed by atoms with Crippen LogP contribution in [0.1, 0.15) is 15.2 Å². The van der Waals surface area contributed by atoms with E-state index in [1.54, 1.807) is 65.1 Å². The lowest BCUT2D eigenvalue weighted by Crippen LogP contribution is -2.27. The van der Waals surface area contributed by atoms with Crippen LogP contribution in [0.2, 0.25) is 0 Å². The van der Waals surface area contributed by atoms with E-state index in [2.05, 4.69) is 0 Å². The molecule has 26 heavy (non-hydrogen) atoms. The van der Waals surface area contributed by atoms with Crippen LogP contribution in [0.25, 0.3) is 0 Å². The molecule has 3 aromatic rings. The quantitative estimate of drug-likeness (QED) is 0.624. The molecule has 5 nitrogen and oxygen atoms in total. The van der Waals surface area contributed by atoms with Crippen molar-refractivity contribution in [2.24, 2.45) is 0 Å². The molecule has 0 aliphatic rings. The van der Waals surface area contributed by atoms with E-state index in [1.165, 1.54) is 22.7 Å². The Balaban J connectivity index is 1.74. The first-order chi connectivity index (χ1) is 12.4. The van der Waals surface area contributed by atoms with Gasteiger partial charge in [-0.15, -0.1) is 22.7 Å². The maximum atomic E-state index is 12.6. The molecule has 0 N–H and O–H groups in total. The van der Waals surface area contributed by atoms with Crippen molar-refractivity contribution in [3.63, 3.8) is 0 Å². The Morgan fingerprint density at radius 2 is 1.62 bits per heavy atom. The minimum absolute atomic E-state index is 0.103. The number of rotatable bonds is 6. The number of carbonyl (C=O) groups is 1. The van der Waals surface area contributed by atoms with Gasteiger partial charge in [-0.25, -0.2) is 8.42 Å². The highest BCUT2D eigenvalue weighted by Gasteiger charge is 2.22. The molecule has 0 saturated heterocycles. The van der Waals surface area contributed by atoms with Crippen molar-refractivity contribution in [2.75, 3.05) is 18.4 Å². The zero-order valence-electron chi connectivity index (χ0n) is 14.3. The average Bonchev–Trinajstić information content (AvgIpc) is 3.34. The van der Waals surface area contributed by atoms with Crippen molar-refractivity contribution >= 4 is 44.3 Å². The zero-order chi connectivity index (χ0) is 18.7. The summed E-state index contributed by atoms with van der Waals surface area (Å²) in [4.78, 5) is 15.3. The second-order valence-corrected chi connectivity index (χ2v) is 9.87. The Morgan fingerprint density at radius 3 is 2.19 bits per heavy atom. The molecule has 2 aromatic heterocycles. The SMILES string of the molecule is CN(Cc1cccs1)C(=O)c1ccc(N(C)S(=O)(=O)c2cccs2)cc1. The molecule has 3 rings (SSSR count). The molecular weight excluding hydrogens is 388 g/mol. The fourth-order valence-electron chi connectivity index (χ4n) is 2.43. The monoisotopic (exact) mass is 406 g/mol. The molecule has 1 aromatic carbocycles. The first kappa shape index (κ1) is 18.6. The van der Waals surface area contributed by atoms with Gasteiger partial charge in [-0.05, 0) is 47.2 Å². The Kier molecular flexibility index (Phi) is 5.45. The van der Waals surface area contributed by atoms with E-state index in [0.717, 1.165) is 4.88 Å². The average molecular weight is 407 g/mol. The molecule has 1 amide bonds. The fraction of sp³-hybridized carbons (Fsp3) is 0.167. The highest BCUT2D eigenvalue weighted by Crippen LogP contribution is 2.25.